The topological polar surface area (TPSA) is 109 Å². The standard InChI is InChI=1S/C25H26F3N3O4S/c1-3-35-21-13-18(12-19(21)23(32)31-24(14-29)7-8-24)36(33,34)22-5-4-16(11-20(22)25(26,27)28)17-6-9-30-15(2)10-17/h4-6,9-11,18-19,21H,3,7-8,12-13H2,1-2H3,(H,31,32)/t18-,19?,21-/m0/s1. The molecule has 0 saturated heterocycles. The van der Waals surface area contributed by atoms with Crippen LogP contribution < -0.4 is 5.32 Å². The van der Waals surface area contributed by atoms with Crippen molar-refractivity contribution in [1.82, 2.24) is 10.3 Å². The van der Waals surface area contributed by atoms with Crippen molar-refractivity contribution in [2.24, 2.45) is 5.92 Å². The number of sulfone groups is 1. The molecule has 2 aliphatic carbocycles. The van der Waals surface area contributed by atoms with Gasteiger partial charge < -0.3 is 10.1 Å². The number of nitrogens with one attached hydrogen (secondary N) is 1. The zero-order chi connectivity index (χ0) is 26.3. The summed E-state index contributed by atoms with van der Waals surface area (Å²) >= 11 is 0. The van der Waals surface area contributed by atoms with Crippen LogP contribution in [-0.4, -0.2) is 42.8 Å². The Morgan fingerprint density at radius 3 is 2.50 bits per heavy atom. The van der Waals surface area contributed by atoms with Crippen LogP contribution in [0.5, 0.6) is 0 Å². The third-order valence-electron chi connectivity index (χ3n) is 6.77. The first-order chi connectivity index (χ1) is 16.9. The number of nitrogens with zero attached hydrogens (tertiary/aromatic N) is 2. The van der Waals surface area contributed by atoms with Crippen molar-refractivity contribution >= 4 is 15.7 Å². The van der Waals surface area contributed by atoms with Gasteiger partial charge in [0.05, 0.1) is 33.8 Å². The maximum Gasteiger partial charge on any atom is 0.417 e. The van der Waals surface area contributed by atoms with E-state index < -0.39 is 55.2 Å². The summed E-state index contributed by atoms with van der Waals surface area (Å²) in [7, 11) is -4.47. The van der Waals surface area contributed by atoms with Crippen LogP contribution >= 0.6 is 0 Å². The summed E-state index contributed by atoms with van der Waals surface area (Å²) in [6, 6.07) is 8.39. The van der Waals surface area contributed by atoms with E-state index >= 15 is 0 Å². The van der Waals surface area contributed by atoms with Gasteiger partial charge in [-0.05, 0) is 74.9 Å². The maximum absolute atomic E-state index is 14.1. The fourth-order valence-electron chi connectivity index (χ4n) is 4.68. The molecule has 192 valence electrons. The molecule has 1 aromatic carbocycles. The highest BCUT2D eigenvalue weighted by atomic mass is 32.2. The van der Waals surface area contributed by atoms with Crippen LogP contribution in [0.1, 0.15) is 43.9 Å². The predicted octanol–water partition coefficient (Wildman–Crippen LogP) is 4.21. The first-order valence-electron chi connectivity index (χ1n) is 11.6. The van der Waals surface area contributed by atoms with Crippen LogP contribution in [0.15, 0.2) is 41.4 Å². The van der Waals surface area contributed by atoms with Crippen LogP contribution in [0.2, 0.25) is 0 Å². The second-order valence-corrected chi connectivity index (χ2v) is 11.5. The molecule has 3 atom stereocenters. The zero-order valence-corrected chi connectivity index (χ0v) is 20.6. The van der Waals surface area contributed by atoms with Gasteiger partial charge in [0.2, 0.25) is 5.91 Å². The van der Waals surface area contributed by atoms with Gasteiger partial charge in [0, 0.05) is 18.5 Å². The molecule has 0 bridgehead atoms. The molecule has 1 N–H and O–H groups in total. The molecule has 1 unspecified atom stereocenters. The van der Waals surface area contributed by atoms with E-state index in [1.807, 2.05) is 6.07 Å². The molecule has 2 aliphatic rings. The molecule has 2 saturated carbocycles. The molecule has 0 spiro atoms. The van der Waals surface area contributed by atoms with E-state index in [-0.39, 0.29) is 25.0 Å². The number of rotatable bonds is 7. The third kappa shape index (κ3) is 5.11. The first kappa shape index (κ1) is 26.1. The Hall–Kier alpha value is -2.97. The maximum atomic E-state index is 14.1. The second kappa shape index (κ2) is 9.48. The summed E-state index contributed by atoms with van der Waals surface area (Å²) in [5.74, 6) is -1.39. The van der Waals surface area contributed by atoms with Crippen molar-refractivity contribution in [2.75, 3.05) is 6.61 Å². The SMILES string of the molecule is CCO[C@H]1C[C@@H](S(=O)(=O)c2ccc(-c3ccnc(C)c3)cc2C(F)(F)F)CC1C(=O)NC1(C#N)CC1. The van der Waals surface area contributed by atoms with Crippen LogP contribution in [0.25, 0.3) is 11.1 Å². The van der Waals surface area contributed by atoms with E-state index in [1.54, 1.807) is 26.0 Å². The Labute approximate surface area is 207 Å². The molecule has 1 aromatic heterocycles. The highest BCUT2D eigenvalue weighted by Crippen LogP contribution is 2.43. The minimum atomic E-state index is -4.92. The van der Waals surface area contributed by atoms with Crippen LogP contribution in [0.3, 0.4) is 0 Å². The van der Waals surface area contributed by atoms with Gasteiger partial charge in [-0.2, -0.15) is 18.4 Å². The summed E-state index contributed by atoms with van der Waals surface area (Å²) in [6.07, 6.45) is -3.53. The summed E-state index contributed by atoms with van der Waals surface area (Å²) in [6.45, 7) is 3.60. The second-order valence-electron chi connectivity index (χ2n) is 9.32. The van der Waals surface area contributed by atoms with Crippen molar-refractivity contribution in [1.29, 1.82) is 5.26 Å². The predicted molar refractivity (Wildman–Crippen MR) is 124 cm³/mol. The highest BCUT2D eigenvalue weighted by molar-refractivity contribution is 7.92. The fourth-order valence-corrected chi connectivity index (χ4v) is 6.69. The largest absolute Gasteiger partial charge is 0.417 e. The molecule has 4 rings (SSSR count). The molecule has 2 aromatic rings. The number of nitriles is 1. The highest BCUT2D eigenvalue weighted by Gasteiger charge is 2.51. The van der Waals surface area contributed by atoms with Crippen LogP contribution in [0.4, 0.5) is 13.2 Å². The Bertz CT molecular complexity index is 1320. The number of carbonyl (C=O) groups excluding carboxylic acids is 1. The van der Waals surface area contributed by atoms with Gasteiger partial charge in [-0.25, -0.2) is 8.42 Å². The van der Waals surface area contributed by atoms with E-state index in [2.05, 4.69) is 10.3 Å². The van der Waals surface area contributed by atoms with E-state index in [9.17, 15) is 31.6 Å². The van der Waals surface area contributed by atoms with Gasteiger partial charge in [-0.1, -0.05) is 6.07 Å². The van der Waals surface area contributed by atoms with Crippen LogP contribution in [0, 0.1) is 24.2 Å². The molecule has 0 radical (unpaired) electrons. The average Bonchev–Trinajstić information content (AvgIpc) is 3.46. The molecule has 1 amide bonds. The molecule has 36 heavy (non-hydrogen) atoms. The molecule has 11 heteroatoms. The van der Waals surface area contributed by atoms with E-state index in [0.717, 1.165) is 12.1 Å². The number of pyridine rings is 1. The number of benzene rings is 1. The number of carbonyl (C=O) groups is 1. The van der Waals surface area contributed by atoms with Gasteiger partial charge in [0.1, 0.15) is 5.54 Å². The summed E-state index contributed by atoms with van der Waals surface area (Å²) < 4.78 is 74.9. The van der Waals surface area contributed by atoms with Crippen molar-refractivity contribution in [2.45, 2.75) is 67.5 Å². The number of hydrogen-bond acceptors (Lipinski definition) is 6. The summed E-state index contributed by atoms with van der Waals surface area (Å²) in [5.41, 5.74) is -0.891. The number of aryl methyl sites for hydroxylation is 1. The lowest BCUT2D eigenvalue weighted by molar-refractivity contribution is -0.139. The minimum Gasteiger partial charge on any atom is -0.378 e. The fraction of sp³-hybridized carbons (Fsp3) is 0.480. The Kier molecular flexibility index (Phi) is 6.88. The molecular weight excluding hydrogens is 495 g/mol. The Balaban J connectivity index is 1.67. The smallest absolute Gasteiger partial charge is 0.378 e. The quantitative estimate of drug-likeness (QED) is 0.585. The Morgan fingerprint density at radius 1 is 1.22 bits per heavy atom. The number of aromatic nitrogens is 1. The van der Waals surface area contributed by atoms with Crippen molar-refractivity contribution in [3.63, 3.8) is 0 Å². The molecular formula is C25H26F3N3O4S. The number of halogens is 3. The van der Waals surface area contributed by atoms with Crippen molar-refractivity contribution in [3.05, 3.63) is 47.8 Å². The van der Waals surface area contributed by atoms with E-state index in [4.69, 9.17) is 4.74 Å². The number of amides is 1. The van der Waals surface area contributed by atoms with Crippen LogP contribution in [-0.2, 0) is 25.5 Å². The monoisotopic (exact) mass is 521 g/mol. The average molecular weight is 522 g/mol. The molecule has 2 fully saturated rings. The molecule has 0 aliphatic heterocycles. The van der Waals surface area contributed by atoms with Gasteiger partial charge in [0.15, 0.2) is 9.84 Å². The lowest BCUT2D eigenvalue weighted by atomic mass is 10.0. The molecule has 1 heterocycles. The van der Waals surface area contributed by atoms with E-state index in [1.165, 1.54) is 12.3 Å². The van der Waals surface area contributed by atoms with Gasteiger partial charge in [-0.3, -0.25) is 9.78 Å². The summed E-state index contributed by atoms with van der Waals surface area (Å²) in [5, 5.41) is 10.7. The van der Waals surface area contributed by atoms with Gasteiger partial charge >= 0.3 is 6.18 Å². The Morgan fingerprint density at radius 2 is 1.92 bits per heavy atom. The lowest BCUT2D eigenvalue weighted by Crippen LogP contribution is -2.42. The minimum absolute atomic E-state index is 0.115. The zero-order valence-electron chi connectivity index (χ0n) is 19.8. The van der Waals surface area contributed by atoms with Gasteiger partial charge in [-0.15, -0.1) is 0 Å². The third-order valence-corrected chi connectivity index (χ3v) is 9.00. The van der Waals surface area contributed by atoms with Crippen molar-refractivity contribution < 1.29 is 31.1 Å². The normalized spacial score (nSPS) is 23.2. The molecule has 7 nitrogen and oxygen atoms in total. The first-order valence-corrected chi connectivity index (χ1v) is 13.2. The van der Waals surface area contributed by atoms with Crippen molar-refractivity contribution in [3.8, 4) is 17.2 Å². The number of alkyl halides is 3. The number of ether oxygens (including phenoxy) is 1. The number of hydrogen-bond donors (Lipinski definition) is 1. The van der Waals surface area contributed by atoms with E-state index in [0.29, 0.717) is 24.1 Å². The van der Waals surface area contributed by atoms with Gasteiger partial charge in [0.25, 0.3) is 0 Å². The lowest BCUT2D eigenvalue weighted by Gasteiger charge is -2.20. The summed E-state index contributed by atoms with van der Waals surface area (Å²) in [4.78, 5) is 16.1.